The molecule has 0 saturated carbocycles. The second kappa shape index (κ2) is 4.64. The largest absolute Gasteiger partial charge is 0.516 e. The van der Waals surface area contributed by atoms with E-state index in [1.165, 1.54) is 0 Å². The Morgan fingerprint density at radius 3 is 2.62 bits per heavy atom. The molecule has 21 heavy (non-hydrogen) atoms. The molecule has 0 spiro atoms. The highest BCUT2D eigenvalue weighted by Gasteiger charge is 2.52. The Balaban J connectivity index is 2.10. The van der Waals surface area contributed by atoms with Crippen molar-refractivity contribution in [1.29, 1.82) is 0 Å². The third-order valence-corrected chi connectivity index (χ3v) is 3.71. The number of nitrogens with zero attached hydrogens (tertiary/aromatic N) is 4. The van der Waals surface area contributed by atoms with Crippen LogP contribution in [0.2, 0.25) is 0 Å². The molecule has 1 aliphatic heterocycles. The van der Waals surface area contributed by atoms with Gasteiger partial charge >= 0.3 is 7.12 Å². The van der Waals surface area contributed by atoms with E-state index in [0.29, 0.717) is 0 Å². The van der Waals surface area contributed by atoms with E-state index >= 15 is 0 Å². The quantitative estimate of drug-likeness (QED) is 0.780. The lowest BCUT2D eigenvalue weighted by Gasteiger charge is -2.32. The summed E-state index contributed by atoms with van der Waals surface area (Å²) in [6.45, 7) is 4.60. The van der Waals surface area contributed by atoms with Gasteiger partial charge in [-0.05, 0) is 46.6 Å². The van der Waals surface area contributed by atoms with Gasteiger partial charge in [0.1, 0.15) is 0 Å². The summed E-state index contributed by atoms with van der Waals surface area (Å²) in [6, 6.07) is -0.918. The Kier molecular flexibility index (Phi) is 1.78. The predicted molar refractivity (Wildman–Crippen MR) is 79.6 cm³/mol. The van der Waals surface area contributed by atoms with E-state index in [0.717, 1.165) is 4.68 Å². The maximum atomic E-state index is 8.18. The standard InChI is InChI=1S/C14H19BN4O2/c1-10-6-8-16-12(17-10)19-9-7-11(18-19)15-20-13(2,3)14(4,5)21-15/h6-9H,1-5H3/i1D3,6D,7D,8D,9D. The van der Waals surface area contributed by atoms with E-state index in [1.54, 1.807) is 0 Å². The van der Waals surface area contributed by atoms with Crippen LogP contribution in [0.4, 0.5) is 0 Å². The first-order chi connectivity index (χ1) is 12.7. The Hall–Kier alpha value is -1.73. The van der Waals surface area contributed by atoms with Crippen LogP contribution in [0.1, 0.15) is 43.0 Å². The summed E-state index contributed by atoms with van der Waals surface area (Å²) in [5.74, 6) is -0.381. The van der Waals surface area contributed by atoms with Gasteiger partial charge in [-0.2, -0.15) is 5.10 Å². The number of aryl methyl sites for hydroxylation is 1. The summed E-state index contributed by atoms with van der Waals surface area (Å²) in [5, 5.41) is 4.13. The lowest BCUT2D eigenvalue weighted by Crippen LogP contribution is -2.41. The first-order valence-corrected chi connectivity index (χ1v) is 6.43. The molecule has 3 heterocycles. The summed E-state index contributed by atoms with van der Waals surface area (Å²) in [7, 11) is -1.00. The van der Waals surface area contributed by atoms with Gasteiger partial charge in [-0.1, -0.05) is 0 Å². The SMILES string of the molecule is [2H]c1nc(-n2nc(B3OC(C)(C)C(C)(C)O3)c([2H])c2[2H])nc(C([2H])([2H])[2H])c1[2H]. The minimum atomic E-state index is -2.74. The molecule has 1 fully saturated rings. The van der Waals surface area contributed by atoms with E-state index in [9.17, 15) is 0 Å². The van der Waals surface area contributed by atoms with Crippen LogP contribution in [0.5, 0.6) is 0 Å². The van der Waals surface area contributed by atoms with Crippen molar-refractivity contribution in [2.75, 3.05) is 0 Å². The van der Waals surface area contributed by atoms with E-state index in [1.807, 2.05) is 27.7 Å². The maximum Gasteiger partial charge on any atom is 0.516 e. The lowest BCUT2D eigenvalue weighted by atomic mass is 9.85. The Labute approximate surface area is 134 Å². The molecule has 0 unspecified atom stereocenters. The Morgan fingerprint density at radius 2 is 1.95 bits per heavy atom. The highest BCUT2D eigenvalue weighted by Crippen LogP contribution is 2.36. The van der Waals surface area contributed by atoms with Gasteiger partial charge < -0.3 is 9.31 Å². The van der Waals surface area contributed by atoms with Crippen LogP contribution in [0, 0.1) is 6.85 Å². The van der Waals surface area contributed by atoms with Gasteiger partial charge in [-0.3, -0.25) is 0 Å². The van der Waals surface area contributed by atoms with E-state index in [4.69, 9.17) is 18.9 Å². The van der Waals surface area contributed by atoms with Gasteiger partial charge in [0.25, 0.3) is 5.95 Å². The molecule has 0 aromatic carbocycles. The van der Waals surface area contributed by atoms with Gasteiger partial charge in [-0.15, -0.1) is 0 Å². The van der Waals surface area contributed by atoms with Gasteiger partial charge in [0.2, 0.25) is 0 Å². The first kappa shape index (κ1) is 8.05. The minimum Gasteiger partial charge on any atom is -0.398 e. The van der Waals surface area contributed by atoms with Gasteiger partial charge in [-0.25, -0.2) is 14.6 Å². The summed E-state index contributed by atoms with van der Waals surface area (Å²) in [4.78, 5) is 7.56. The smallest absolute Gasteiger partial charge is 0.398 e. The van der Waals surface area contributed by atoms with Crippen molar-refractivity contribution in [3.63, 3.8) is 0 Å². The highest BCUT2D eigenvalue weighted by atomic mass is 16.7. The number of aromatic nitrogens is 4. The van der Waals surface area contributed by atoms with Crippen molar-refractivity contribution in [2.24, 2.45) is 0 Å². The summed E-state index contributed by atoms with van der Waals surface area (Å²) in [5.41, 5.74) is -1.96. The fourth-order valence-electron chi connectivity index (χ4n) is 1.80. The highest BCUT2D eigenvalue weighted by molar-refractivity contribution is 6.61. The average Bonchev–Trinajstić information content (AvgIpc) is 2.94. The van der Waals surface area contributed by atoms with Gasteiger partial charge in [0, 0.05) is 22.2 Å². The molecule has 2 aromatic rings. The van der Waals surface area contributed by atoms with Crippen LogP contribution in [0.25, 0.3) is 5.95 Å². The van der Waals surface area contributed by atoms with Crippen molar-refractivity contribution in [1.82, 2.24) is 19.7 Å². The average molecular weight is 293 g/mol. The normalized spacial score (nSPS) is 25.3. The van der Waals surface area contributed by atoms with Crippen molar-refractivity contribution in [3.05, 3.63) is 30.1 Å². The summed E-state index contributed by atoms with van der Waals surface area (Å²) in [6.07, 6.45) is -1.03. The predicted octanol–water partition coefficient (Wildman–Crippen LogP) is 1.27. The Morgan fingerprint density at radius 1 is 1.24 bits per heavy atom. The summed E-state index contributed by atoms with van der Waals surface area (Å²) >= 11 is 0. The minimum absolute atomic E-state index is 0.0177. The third kappa shape index (κ3) is 2.47. The summed E-state index contributed by atoms with van der Waals surface area (Å²) < 4.78 is 66.8. The van der Waals surface area contributed by atoms with E-state index in [-0.39, 0.29) is 17.6 Å². The molecular weight excluding hydrogens is 267 g/mol. The molecule has 0 N–H and O–H groups in total. The van der Waals surface area contributed by atoms with Crippen LogP contribution < -0.4 is 5.59 Å². The molecule has 1 saturated heterocycles. The third-order valence-electron chi connectivity index (χ3n) is 3.71. The van der Waals surface area contributed by atoms with Crippen molar-refractivity contribution in [2.45, 2.75) is 45.7 Å². The van der Waals surface area contributed by atoms with Crippen LogP contribution in [0.15, 0.2) is 24.4 Å². The zero-order valence-electron chi connectivity index (χ0n) is 19.2. The molecule has 0 aliphatic carbocycles. The monoisotopic (exact) mass is 293 g/mol. The van der Waals surface area contributed by atoms with Crippen LogP contribution in [-0.4, -0.2) is 38.1 Å². The van der Waals surface area contributed by atoms with Crippen molar-refractivity contribution < 1.29 is 18.9 Å². The molecule has 6 nitrogen and oxygen atoms in total. The molecule has 0 bridgehead atoms. The number of rotatable bonds is 2. The number of hydrogen-bond acceptors (Lipinski definition) is 5. The fourth-order valence-corrected chi connectivity index (χ4v) is 1.80. The second-order valence-corrected chi connectivity index (χ2v) is 5.73. The Bertz CT molecular complexity index is 929. The molecule has 1 aliphatic rings. The van der Waals surface area contributed by atoms with Crippen molar-refractivity contribution in [3.8, 4) is 5.95 Å². The lowest BCUT2D eigenvalue weighted by molar-refractivity contribution is 0.00578. The van der Waals surface area contributed by atoms with Crippen LogP contribution in [-0.2, 0) is 9.31 Å². The van der Waals surface area contributed by atoms with Crippen molar-refractivity contribution >= 4 is 12.7 Å². The molecular formula is C14H19BN4O2. The maximum absolute atomic E-state index is 8.18. The molecule has 3 rings (SSSR count). The zero-order valence-corrected chi connectivity index (χ0v) is 12.2. The zero-order chi connectivity index (χ0) is 21.2. The molecule has 0 radical (unpaired) electrons. The van der Waals surface area contributed by atoms with Crippen LogP contribution in [0.3, 0.4) is 0 Å². The second-order valence-electron chi connectivity index (χ2n) is 5.73. The van der Waals surface area contributed by atoms with E-state index in [2.05, 4.69) is 15.1 Å². The van der Waals surface area contributed by atoms with Crippen LogP contribution >= 0.6 is 0 Å². The van der Waals surface area contributed by atoms with Gasteiger partial charge in [0.05, 0.1) is 22.3 Å². The fraction of sp³-hybridized carbons (Fsp3) is 0.500. The molecule has 0 amide bonds. The first-order valence-electron chi connectivity index (χ1n) is 9.93. The van der Waals surface area contributed by atoms with E-state index < -0.39 is 49.3 Å². The molecule has 7 heteroatoms. The van der Waals surface area contributed by atoms with Gasteiger partial charge in [0.15, 0.2) is 0 Å². The molecule has 2 aromatic heterocycles. The molecule has 110 valence electrons. The topological polar surface area (TPSA) is 62.1 Å². The molecule has 0 atom stereocenters. The number of hydrogen-bond donors (Lipinski definition) is 0.